The van der Waals surface area contributed by atoms with Crippen molar-refractivity contribution in [3.05, 3.63) is 36.0 Å². The SMILES string of the molecule is CNc1cc2nc3c1ncn3C(=O)N[C@@H]1CC[C@H]1OCc1cc(c3nc(C(F)F)nn3c1)N2. The van der Waals surface area contributed by atoms with Crippen LogP contribution in [0.4, 0.5) is 30.8 Å². The number of nitrogens with one attached hydrogen (secondary N) is 3. The summed E-state index contributed by atoms with van der Waals surface area (Å²) < 4.78 is 35.3. The van der Waals surface area contributed by atoms with Crippen molar-refractivity contribution in [2.24, 2.45) is 0 Å². The molecule has 5 heterocycles. The highest BCUT2D eigenvalue weighted by Gasteiger charge is 2.34. The summed E-state index contributed by atoms with van der Waals surface area (Å²) in [6, 6.07) is 3.00. The van der Waals surface area contributed by atoms with Crippen LogP contribution in [0.5, 0.6) is 0 Å². The lowest BCUT2D eigenvalue weighted by Gasteiger charge is -2.36. The average Bonchev–Trinajstić information content (AvgIpc) is 3.40. The molecule has 2 atom stereocenters. The van der Waals surface area contributed by atoms with Gasteiger partial charge in [-0.25, -0.2) is 37.6 Å². The van der Waals surface area contributed by atoms with Gasteiger partial charge in [-0.1, -0.05) is 0 Å². The van der Waals surface area contributed by atoms with Gasteiger partial charge in [0.2, 0.25) is 5.82 Å². The summed E-state index contributed by atoms with van der Waals surface area (Å²) in [7, 11) is 1.73. The Kier molecular flexibility index (Phi) is 4.40. The van der Waals surface area contributed by atoms with E-state index >= 15 is 0 Å². The summed E-state index contributed by atoms with van der Waals surface area (Å²) in [5, 5.41) is 13.1. The third-order valence-electron chi connectivity index (χ3n) is 5.94. The van der Waals surface area contributed by atoms with Gasteiger partial charge in [0.05, 0.1) is 30.1 Å². The van der Waals surface area contributed by atoms with Gasteiger partial charge in [-0.3, -0.25) is 0 Å². The van der Waals surface area contributed by atoms with Crippen LogP contribution in [-0.2, 0) is 11.3 Å². The summed E-state index contributed by atoms with van der Waals surface area (Å²) in [5.41, 5.74) is 2.88. The summed E-state index contributed by atoms with van der Waals surface area (Å²) in [5.74, 6) is -0.193. The minimum Gasteiger partial charge on any atom is -0.386 e. The normalized spacial score (nSPS) is 20.3. The number of halogens is 2. The van der Waals surface area contributed by atoms with Crippen LogP contribution in [-0.4, -0.2) is 54.4 Å². The number of rotatable bonds is 2. The van der Waals surface area contributed by atoms with E-state index in [-0.39, 0.29) is 30.4 Å². The molecular formula is C20H19F2N9O2. The fraction of sp³-hybridized carbons (Fsp3) is 0.350. The second kappa shape index (κ2) is 7.33. The van der Waals surface area contributed by atoms with Crippen LogP contribution in [0.2, 0.25) is 0 Å². The van der Waals surface area contributed by atoms with Crippen molar-refractivity contribution in [1.82, 2.24) is 34.4 Å². The number of hydrogen-bond donors (Lipinski definition) is 3. The van der Waals surface area contributed by atoms with Crippen molar-refractivity contribution in [2.75, 3.05) is 17.7 Å². The highest BCUT2D eigenvalue weighted by molar-refractivity contribution is 5.94. The van der Waals surface area contributed by atoms with Crippen molar-refractivity contribution < 1.29 is 18.3 Å². The molecule has 11 nitrogen and oxygen atoms in total. The first kappa shape index (κ1) is 19.8. The van der Waals surface area contributed by atoms with Crippen LogP contribution in [0.1, 0.15) is 30.7 Å². The molecule has 1 amide bonds. The fourth-order valence-electron chi connectivity index (χ4n) is 4.12. The Morgan fingerprint density at radius 3 is 2.88 bits per heavy atom. The van der Waals surface area contributed by atoms with Gasteiger partial charge >= 0.3 is 6.03 Å². The molecule has 2 aliphatic rings. The smallest absolute Gasteiger partial charge is 0.328 e. The standard InChI is InChI=1S/C20H19F2N9O2/c1-23-11-5-14-25-12-4-9(6-31-18(12)28-17(29-31)16(21)22)7-33-13-3-2-10(13)26-20(32)30-8-24-15(11)19(30)27-14/h4-6,8,10,13,16H,2-3,7H2,1H3,(H,26,32)(H2,23,25,27)/t10-,13-/m1/s1. The van der Waals surface area contributed by atoms with Crippen LogP contribution in [0.25, 0.3) is 16.8 Å². The van der Waals surface area contributed by atoms with Crippen LogP contribution in [0, 0.1) is 0 Å². The number of fused-ring (bicyclic) bond motifs is 6. The molecule has 0 spiro atoms. The number of imidazole rings is 1. The Bertz CT molecular complexity index is 1400. The lowest BCUT2D eigenvalue weighted by Crippen LogP contribution is -2.52. The molecule has 6 rings (SSSR count). The molecule has 1 aliphatic carbocycles. The number of pyridine rings is 2. The second-order valence-electron chi connectivity index (χ2n) is 8.00. The molecule has 1 fully saturated rings. The minimum absolute atomic E-state index is 0.150. The van der Waals surface area contributed by atoms with Crippen molar-refractivity contribution in [3.8, 4) is 0 Å². The lowest BCUT2D eigenvalue weighted by molar-refractivity contribution is -0.0324. The van der Waals surface area contributed by atoms with Crippen LogP contribution >= 0.6 is 0 Å². The van der Waals surface area contributed by atoms with Gasteiger partial charge in [0.25, 0.3) is 6.43 Å². The molecule has 0 radical (unpaired) electrons. The van der Waals surface area contributed by atoms with Crippen LogP contribution in [0.15, 0.2) is 24.7 Å². The number of carbonyl (C=O) groups excluding carboxylic acids is 1. The van der Waals surface area contributed by atoms with Crippen molar-refractivity contribution in [3.63, 3.8) is 0 Å². The van der Waals surface area contributed by atoms with E-state index in [2.05, 4.69) is 36.0 Å². The number of ether oxygens (including phenoxy) is 1. The van der Waals surface area contributed by atoms with Crippen LogP contribution < -0.4 is 16.0 Å². The summed E-state index contributed by atoms with van der Waals surface area (Å²) in [6.07, 6.45) is 1.65. The van der Waals surface area contributed by atoms with E-state index in [9.17, 15) is 13.6 Å². The predicted octanol–water partition coefficient (Wildman–Crippen LogP) is 2.82. The molecule has 1 aliphatic heterocycles. The summed E-state index contributed by atoms with van der Waals surface area (Å²) in [4.78, 5) is 25.9. The second-order valence-corrected chi connectivity index (χ2v) is 8.00. The maximum atomic E-state index is 13.3. The number of amides is 1. The topological polar surface area (TPSA) is 123 Å². The molecular weight excluding hydrogens is 436 g/mol. The van der Waals surface area contributed by atoms with Crippen molar-refractivity contribution in [2.45, 2.75) is 38.0 Å². The largest absolute Gasteiger partial charge is 0.386 e. The summed E-state index contributed by atoms with van der Waals surface area (Å²) in [6.45, 7) is 0.218. The van der Waals surface area contributed by atoms with E-state index in [0.29, 0.717) is 33.9 Å². The van der Waals surface area contributed by atoms with Gasteiger partial charge in [-0.15, -0.1) is 5.10 Å². The van der Waals surface area contributed by atoms with Gasteiger partial charge in [0.1, 0.15) is 17.7 Å². The van der Waals surface area contributed by atoms with Gasteiger partial charge in [-0.2, -0.15) is 0 Å². The first-order chi connectivity index (χ1) is 16.0. The average molecular weight is 455 g/mol. The van der Waals surface area contributed by atoms with Gasteiger partial charge in [0.15, 0.2) is 11.3 Å². The fourth-order valence-corrected chi connectivity index (χ4v) is 4.12. The Morgan fingerprint density at radius 1 is 1.24 bits per heavy atom. The van der Waals surface area contributed by atoms with Gasteiger partial charge in [0, 0.05) is 19.3 Å². The van der Waals surface area contributed by atoms with Gasteiger partial charge < -0.3 is 20.7 Å². The molecule has 4 aromatic rings. The number of carbonyl (C=O) groups is 1. The monoisotopic (exact) mass is 455 g/mol. The first-order valence-electron chi connectivity index (χ1n) is 10.4. The zero-order valence-corrected chi connectivity index (χ0v) is 17.4. The minimum atomic E-state index is -2.81. The quantitative estimate of drug-likeness (QED) is 0.422. The zero-order chi connectivity index (χ0) is 22.7. The number of hydrogen-bond acceptors (Lipinski definition) is 8. The molecule has 3 N–H and O–H groups in total. The molecule has 13 heteroatoms. The molecule has 0 unspecified atom stereocenters. The van der Waals surface area contributed by atoms with E-state index < -0.39 is 12.2 Å². The van der Waals surface area contributed by atoms with Gasteiger partial charge in [-0.05, 0) is 24.5 Å². The van der Waals surface area contributed by atoms with E-state index in [0.717, 1.165) is 12.8 Å². The Labute approximate surface area is 185 Å². The maximum Gasteiger partial charge on any atom is 0.328 e. The Hall–Kier alpha value is -3.87. The Balaban J connectivity index is 1.55. The predicted molar refractivity (Wildman–Crippen MR) is 114 cm³/mol. The third-order valence-corrected chi connectivity index (χ3v) is 5.94. The van der Waals surface area contributed by atoms with E-state index in [4.69, 9.17) is 4.74 Å². The van der Waals surface area contributed by atoms with Crippen molar-refractivity contribution in [1.29, 1.82) is 0 Å². The number of anilines is 3. The number of aromatic nitrogens is 6. The zero-order valence-electron chi connectivity index (χ0n) is 17.4. The van der Waals surface area contributed by atoms with Crippen molar-refractivity contribution >= 4 is 40.0 Å². The van der Waals surface area contributed by atoms with E-state index in [1.165, 1.54) is 15.4 Å². The molecule has 1 saturated carbocycles. The highest BCUT2D eigenvalue weighted by Crippen LogP contribution is 2.31. The van der Waals surface area contributed by atoms with Crippen LogP contribution in [0.3, 0.4) is 0 Å². The number of alkyl halides is 2. The highest BCUT2D eigenvalue weighted by atomic mass is 19.3. The third kappa shape index (κ3) is 3.23. The molecule has 4 aromatic heterocycles. The molecule has 0 aromatic carbocycles. The maximum absolute atomic E-state index is 13.3. The van der Waals surface area contributed by atoms with E-state index in [1.807, 2.05) is 0 Å². The first-order valence-corrected chi connectivity index (χ1v) is 10.4. The molecule has 0 saturated heterocycles. The summed E-state index contributed by atoms with van der Waals surface area (Å²) >= 11 is 0. The lowest BCUT2D eigenvalue weighted by atomic mass is 9.89. The Morgan fingerprint density at radius 2 is 2.12 bits per heavy atom. The number of nitrogens with zero attached hydrogens (tertiary/aromatic N) is 6. The molecule has 33 heavy (non-hydrogen) atoms. The molecule has 170 valence electrons. The molecule has 4 bridgehead atoms. The van der Waals surface area contributed by atoms with E-state index in [1.54, 1.807) is 25.4 Å².